The number of likely N-dealkylation sites (N-methyl/N-ethyl adjacent to an activating group) is 1. The Morgan fingerprint density at radius 3 is 0.842 bits per heavy atom. The summed E-state index contributed by atoms with van der Waals surface area (Å²) in [6.45, 7) is 6.36. The van der Waals surface area contributed by atoms with Gasteiger partial charge in [0, 0.05) is 12.8 Å². The molecule has 0 aromatic carbocycles. The first kappa shape index (κ1) is 37.3. The van der Waals surface area contributed by atoms with E-state index in [4.69, 9.17) is 0 Å². The van der Waals surface area contributed by atoms with Gasteiger partial charge in [0.15, 0.2) is 11.6 Å². The molecular formula is C35H69NO2. The molecule has 0 saturated heterocycles. The minimum absolute atomic E-state index is 0.0859. The van der Waals surface area contributed by atoms with Gasteiger partial charge in [-0.15, -0.1) is 0 Å². The minimum Gasteiger partial charge on any atom is -0.302 e. The van der Waals surface area contributed by atoms with E-state index in [1.165, 1.54) is 141 Å². The van der Waals surface area contributed by atoms with Crippen LogP contribution in [0.4, 0.5) is 0 Å². The molecule has 0 fully saturated rings. The van der Waals surface area contributed by atoms with Crippen molar-refractivity contribution >= 4 is 11.6 Å². The topological polar surface area (TPSA) is 46.2 Å². The molecule has 0 saturated carbocycles. The maximum absolute atomic E-state index is 12.9. The first-order valence-corrected chi connectivity index (χ1v) is 17.3. The van der Waals surface area contributed by atoms with Crippen LogP contribution in [0, 0.1) is 0 Å². The third-order valence-corrected chi connectivity index (χ3v) is 8.63. The normalized spacial score (nSPS) is 11.8. The number of carbonyl (C=O) groups is 2. The molecule has 38 heavy (non-hydrogen) atoms. The van der Waals surface area contributed by atoms with Crippen LogP contribution in [-0.4, -0.2) is 24.2 Å². The summed E-state index contributed by atoms with van der Waals surface area (Å²) in [5.41, 5.74) is -0.992. The molecule has 0 heterocycles. The van der Waals surface area contributed by atoms with E-state index in [1.807, 2.05) is 6.92 Å². The second-order valence-electron chi connectivity index (χ2n) is 12.2. The average molecular weight is 536 g/mol. The third-order valence-electron chi connectivity index (χ3n) is 8.63. The molecule has 3 heteroatoms. The highest BCUT2D eigenvalue weighted by Gasteiger charge is 2.37. The van der Waals surface area contributed by atoms with E-state index in [0.29, 0.717) is 12.8 Å². The van der Waals surface area contributed by atoms with Crippen molar-refractivity contribution in [3.8, 4) is 0 Å². The van der Waals surface area contributed by atoms with Gasteiger partial charge in [0.2, 0.25) is 0 Å². The van der Waals surface area contributed by atoms with Gasteiger partial charge in [-0.25, -0.2) is 0 Å². The first-order chi connectivity index (χ1) is 18.5. The molecule has 0 spiro atoms. The standard InChI is InChI=1S/C35H69NO2/c1-5-7-9-11-13-15-17-19-21-23-25-27-29-31-33(37)35(3,36-4)34(38)32-30-28-26-24-22-20-18-16-14-12-10-8-6-2/h36H,5-32H2,1-4H3. The van der Waals surface area contributed by atoms with Gasteiger partial charge in [-0.1, -0.05) is 168 Å². The molecule has 3 nitrogen and oxygen atoms in total. The summed E-state index contributed by atoms with van der Waals surface area (Å²) in [4.78, 5) is 25.8. The number of Topliss-reactive ketones (excluding diaryl/α,β-unsaturated/α-hetero) is 2. The predicted molar refractivity (Wildman–Crippen MR) is 168 cm³/mol. The molecule has 0 rings (SSSR count). The highest BCUT2D eigenvalue weighted by molar-refractivity contribution is 6.11. The number of carbonyl (C=O) groups excluding carboxylic acids is 2. The van der Waals surface area contributed by atoms with Crippen LogP contribution in [0.3, 0.4) is 0 Å². The Morgan fingerprint density at radius 2 is 0.632 bits per heavy atom. The van der Waals surface area contributed by atoms with E-state index in [0.717, 1.165) is 25.7 Å². The quantitative estimate of drug-likeness (QED) is 0.0709. The van der Waals surface area contributed by atoms with Gasteiger partial charge in [0.1, 0.15) is 5.54 Å². The van der Waals surface area contributed by atoms with E-state index in [9.17, 15) is 9.59 Å². The van der Waals surface area contributed by atoms with Gasteiger partial charge in [0.25, 0.3) is 0 Å². The minimum atomic E-state index is -0.992. The van der Waals surface area contributed by atoms with Gasteiger partial charge in [-0.2, -0.15) is 0 Å². The number of hydrogen-bond donors (Lipinski definition) is 1. The van der Waals surface area contributed by atoms with E-state index >= 15 is 0 Å². The number of rotatable bonds is 31. The molecule has 0 aromatic rings. The van der Waals surface area contributed by atoms with Crippen molar-refractivity contribution in [2.45, 2.75) is 206 Å². The van der Waals surface area contributed by atoms with Gasteiger partial charge in [-0.3, -0.25) is 9.59 Å². The molecule has 0 radical (unpaired) electrons. The number of hydrogen-bond acceptors (Lipinski definition) is 3. The molecule has 0 atom stereocenters. The molecule has 0 aliphatic heterocycles. The van der Waals surface area contributed by atoms with Crippen molar-refractivity contribution in [2.24, 2.45) is 0 Å². The van der Waals surface area contributed by atoms with Crippen molar-refractivity contribution in [2.75, 3.05) is 7.05 Å². The molecule has 1 N–H and O–H groups in total. The first-order valence-electron chi connectivity index (χ1n) is 17.3. The molecule has 0 aromatic heterocycles. The predicted octanol–water partition coefficient (Wildman–Crippen LogP) is 11.1. The fourth-order valence-corrected chi connectivity index (χ4v) is 5.54. The van der Waals surface area contributed by atoms with Crippen molar-refractivity contribution in [3.05, 3.63) is 0 Å². The summed E-state index contributed by atoms with van der Waals surface area (Å²) < 4.78 is 0. The van der Waals surface area contributed by atoms with E-state index < -0.39 is 5.54 Å². The summed E-state index contributed by atoms with van der Waals surface area (Å²) in [5.74, 6) is 0.172. The lowest BCUT2D eigenvalue weighted by Gasteiger charge is -2.26. The van der Waals surface area contributed by atoms with Crippen molar-refractivity contribution < 1.29 is 9.59 Å². The summed E-state index contributed by atoms with van der Waals surface area (Å²) in [7, 11) is 1.77. The smallest absolute Gasteiger partial charge is 0.160 e. The monoisotopic (exact) mass is 536 g/mol. The second-order valence-corrected chi connectivity index (χ2v) is 12.2. The molecule has 0 amide bonds. The highest BCUT2D eigenvalue weighted by Crippen LogP contribution is 2.19. The van der Waals surface area contributed by atoms with Crippen molar-refractivity contribution in [3.63, 3.8) is 0 Å². The molecular weight excluding hydrogens is 466 g/mol. The van der Waals surface area contributed by atoms with Crippen molar-refractivity contribution in [1.29, 1.82) is 0 Å². The molecule has 0 bridgehead atoms. The maximum Gasteiger partial charge on any atom is 0.160 e. The van der Waals surface area contributed by atoms with Crippen LogP contribution >= 0.6 is 0 Å². The largest absolute Gasteiger partial charge is 0.302 e. The summed E-state index contributed by atoms with van der Waals surface area (Å²) in [5, 5.41) is 3.07. The number of ketones is 2. The lowest BCUT2D eigenvalue weighted by Crippen LogP contribution is -2.54. The van der Waals surface area contributed by atoms with Crippen LogP contribution in [-0.2, 0) is 9.59 Å². The van der Waals surface area contributed by atoms with Crippen LogP contribution < -0.4 is 5.32 Å². The number of unbranched alkanes of at least 4 members (excludes halogenated alkanes) is 24. The third kappa shape index (κ3) is 21.2. The van der Waals surface area contributed by atoms with E-state index in [2.05, 4.69) is 19.2 Å². The van der Waals surface area contributed by atoms with Crippen LogP contribution in [0.1, 0.15) is 201 Å². The summed E-state index contributed by atoms with van der Waals surface area (Å²) in [6, 6.07) is 0. The molecule has 226 valence electrons. The van der Waals surface area contributed by atoms with Gasteiger partial charge in [0.05, 0.1) is 0 Å². The van der Waals surface area contributed by atoms with Gasteiger partial charge >= 0.3 is 0 Å². The zero-order valence-electron chi connectivity index (χ0n) is 26.6. The zero-order chi connectivity index (χ0) is 28.2. The maximum atomic E-state index is 12.9. The van der Waals surface area contributed by atoms with Crippen molar-refractivity contribution in [1.82, 2.24) is 5.32 Å². The summed E-state index contributed by atoms with van der Waals surface area (Å²) in [6.07, 6.45) is 34.9. The fourth-order valence-electron chi connectivity index (χ4n) is 5.54. The van der Waals surface area contributed by atoms with E-state index in [1.54, 1.807) is 7.05 Å². The lowest BCUT2D eigenvalue weighted by atomic mass is 9.85. The molecule has 0 aliphatic rings. The van der Waals surface area contributed by atoms with Gasteiger partial charge in [-0.05, 0) is 26.8 Å². The Hall–Kier alpha value is -0.700. The van der Waals surface area contributed by atoms with Crippen LogP contribution in [0.2, 0.25) is 0 Å². The highest BCUT2D eigenvalue weighted by atomic mass is 16.2. The Kier molecular flexibility index (Phi) is 27.3. The fraction of sp³-hybridized carbons (Fsp3) is 0.943. The Labute approximate surface area is 239 Å². The van der Waals surface area contributed by atoms with Crippen LogP contribution in [0.15, 0.2) is 0 Å². The SMILES string of the molecule is CCCCCCCCCCCCCCCC(=O)C(C)(NC)C(=O)CCCCCCCCCCCCCCC. The Morgan fingerprint density at radius 1 is 0.421 bits per heavy atom. The van der Waals surface area contributed by atoms with Crippen LogP contribution in [0.5, 0.6) is 0 Å². The summed E-state index contributed by atoms with van der Waals surface area (Å²) >= 11 is 0. The zero-order valence-corrected chi connectivity index (χ0v) is 26.6. The average Bonchev–Trinajstić information content (AvgIpc) is 2.93. The van der Waals surface area contributed by atoms with E-state index in [-0.39, 0.29) is 11.6 Å². The Balaban J connectivity index is 3.73. The lowest BCUT2D eigenvalue weighted by molar-refractivity contribution is -0.135. The number of nitrogens with one attached hydrogen (secondary N) is 1. The molecule has 0 unspecified atom stereocenters. The molecule has 0 aliphatic carbocycles. The second kappa shape index (κ2) is 27.9. The van der Waals surface area contributed by atoms with Gasteiger partial charge < -0.3 is 5.32 Å². The Bertz CT molecular complexity index is 488. The van der Waals surface area contributed by atoms with Crippen LogP contribution in [0.25, 0.3) is 0 Å².